The normalized spacial score (nSPS) is 14.0. The van der Waals surface area contributed by atoms with Gasteiger partial charge in [0.05, 0.1) is 16.0 Å². The van der Waals surface area contributed by atoms with Gasteiger partial charge in [0.15, 0.2) is 0 Å². The number of likely N-dealkylation sites (N-methyl/N-ethyl adjacent to an activating group) is 1. The summed E-state index contributed by atoms with van der Waals surface area (Å²) >= 11 is 0. The van der Waals surface area contributed by atoms with Crippen molar-refractivity contribution in [2.24, 2.45) is 0 Å². The molecule has 0 spiro atoms. The summed E-state index contributed by atoms with van der Waals surface area (Å²) in [5.74, 6) is -0.922. The molecule has 1 atom stereocenters. The highest BCUT2D eigenvalue weighted by atomic mass is 32.2. The Morgan fingerprint density at radius 1 is 0.919 bits per heavy atom. The van der Waals surface area contributed by atoms with Crippen LogP contribution in [0.1, 0.15) is 34.1 Å². The number of para-hydroxylation sites is 1. The summed E-state index contributed by atoms with van der Waals surface area (Å²) in [6.07, 6.45) is -0.317. The van der Waals surface area contributed by atoms with E-state index in [1.807, 2.05) is 6.07 Å². The number of hydrogen-bond acceptors (Lipinski definition) is 7. The first kappa shape index (κ1) is 26.0. The van der Waals surface area contributed by atoms with Crippen LogP contribution in [0, 0.1) is 0 Å². The quantitative estimate of drug-likeness (QED) is 0.308. The fourth-order valence-electron chi connectivity index (χ4n) is 3.91. The van der Waals surface area contributed by atoms with E-state index in [0.717, 1.165) is 4.90 Å². The molecule has 192 valence electrons. The van der Waals surface area contributed by atoms with Crippen molar-refractivity contribution < 1.29 is 32.7 Å². The Hall–Kier alpha value is -4.06. The average molecular weight is 524 g/mol. The largest absolute Gasteiger partial charge is 0.457 e. The van der Waals surface area contributed by atoms with Crippen molar-refractivity contribution in [2.75, 3.05) is 13.1 Å². The Balaban J connectivity index is 1.51. The summed E-state index contributed by atoms with van der Waals surface area (Å²) < 4.78 is 32.0. The maximum absolute atomic E-state index is 13.2. The number of amides is 3. The molecule has 1 unspecified atom stereocenters. The number of hydrogen-bond donors (Lipinski definition) is 2. The van der Waals surface area contributed by atoms with E-state index >= 15 is 0 Å². The zero-order valence-corrected chi connectivity index (χ0v) is 20.7. The summed E-state index contributed by atoms with van der Waals surface area (Å²) in [7, 11) is -4.53. The minimum Gasteiger partial charge on any atom is -0.457 e. The maximum atomic E-state index is 13.2. The van der Waals surface area contributed by atoms with Crippen molar-refractivity contribution in [3.8, 4) is 11.5 Å². The topological polar surface area (TPSA) is 133 Å². The molecule has 3 amide bonds. The molecule has 1 aliphatic heterocycles. The number of ether oxygens (including phenoxy) is 1. The molecule has 11 heteroatoms. The standard InChI is InChI=1S/C26H25N3O7S/c1-2-27-24(30)23(16-17-28-25(31)21-10-6-7-11-22(21)26(28)32)29(33)37(34,35)20-14-12-19(13-15-20)36-18-8-4-3-5-9-18/h3-15,23,33H,2,16-17H2,1H3,(H,27,30). The van der Waals surface area contributed by atoms with Gasteiger partial charge in [-0.2, -0.15) is 0 Å². The lowest BCUT2D eigenvalue weighted by Crippen LogP contribution is -2.49. The Bertz CT molecular complexity index is 1370. The van der Waals surface area contributed by atoms with Gasteiger partial charge in [0.25, 0.3) is 21.8 Å². The van der Waals surface area contributed by atoms with Gasteiger partial charge in [0, 0.05) is 13.1 Å². The first-order chi connectivity index (χ1) is 17.7. The average Bonchev–Trinajstić information content (AvgIpc) is 3.14. The van der Waals surface area contributed by atoms with Gasteiger partial charge in [0.2, 0.25) is 5.91 Å². The number of hydroxylamine groups is 1. The van der Waals surface area contributed by atoms with Gasteiger partial charge in [-0.3, -0.25) is 24.5 Å². The first-order valence-corrected chi connectivity index (χ1v) is 13.0. The van der Waals surface area contributed by atoms with Gasteiger partial charge in [-0.1, -0.05) is 34.8 Å². The lowest BCUT2D eigenvalue weighted by atomic mass is 10.1. The van der Waals surface area contributed by atoms with E-state index in [1.165, 1.54) is 36.4 Å². The number of imide groups is 1. The van der Waals surface area contributed by atoms with E-state index in [4.69, 9.17) is 4.74 Å². The zero-order chi connectivity index (χ0) is 26.6. The Morgan fingerprint density at radius 2 is 1.46 bits per heavy atom. The molecule has 4 rings (SSSR count). The predicted molar refractivity (Wildman–Crippen MR) is 133 cm³/mol. The van der Waals surface area contributed by atoms with Crippen LogP contribution in [-0.2, 0) is 14.8 Å². The van der Waals surface area contributed by atoms with E-state index in [-0.39, 0.29) is 40.0 Å². The Kier molecular flexibility index (Phi) is 7.67. The molecule has 0 saturated carbocycles. The van der Waals surface area contributed by atoms with E-state index < -0.39 is 33.8 Å². The molecule has 1 heterocycles. The van der Waals surface area contributed by atoms with E-state index in [9.17, 15) is 28.0 Å². The van der Waals surface area contributed by atoms with Crippen LogP contribution in [0.5, 0.6) is 11.5 Å². The van der Waals surface area contributed by atoms with Gasteiger partial charge >= 0.3 is 0 Å². The number of nitrogens with one attached hydrogen (secondary N) is 1. The van der Waals surface area contributed by atoms with Gasteiger partial charge in [-0.05, 0) is 61.9 Å². The van der Waals surface area contributed by atoms with Crippen LogP contribution >= 0.6 is 0 Å². The molecule has 37 heavy (non-hydrogen) atoms. The van der Waals surface area contributed by atoms with E-state index in [1.54, 1.807) is 43.3 Å². The third kappa shape index (κ3) is 5.38. The highest BCUT2D eigenvalue weighted by Crippen LogP contribution is 2.26. The second-order valence-electron chi connectivity index (χ2n) is 8.17. The molecule has 1 aliphatic rings. The minimum absolute atomic E-state index is 0.0246. The maximum Gasteiger partial charge on any atom is 0.265 e. The van der Waals surface area contributed by atoms with Gasteiger partial charge in [-0.15, -0.1) is 0 Å². The Morgan fingerprint density at radius 3 is 2.03 bits per heavy atom. The molecule has 0 radical (unpaired) electrons. The number of carbonyl (C=O) groups excluding carboxylic acids is 3. The SMILES string of the molecule is CCNC(=O)C(CCN1C(=O)c2ccccc2C1=O)N(O)S(=O)(=O)c1ccc(Oc2ccccc2)cc1. The van der Waals surface area contributed by atoms with Crippen molar-refractivity contribution in [1.82, 2.24) is 14.7 Å². The molecule has 3 aromatic rings. The smallest absolute Gasteiger partial charge is 0.265 e. The van der Waals surface area contributed by atoms with Crippen LogP contribution < -0.4 is 10.1 Å². The van der Waals surface area contributed by atoms with Crippen molar-refractivity contribution in [2.45, 2.75) is 24.3 Å². The summed E-state index contributed by atoms with van der Waals surface area (Å²) in [6, 6.07) is 18.9. The van der Waals surface area contributed by atoms with Crippen LogP contribution in [0.2, 0.25) is 0 Å². The van der Waals surface area contributed by atoms with Gasteiger partial charge < -0.3 is 10.1 Å². The van der Waals surface area contributed by atoms with Gasteiger partial charge in [0.1, 0.15) is 17.5 Å². The fourth-order valence-corrected chi connectivity index (χ4v) is 5.14. The van der Waals surface area contributed by atoms with Crippen molar-refractivity contribution in [3.05, 3.63) is 90.0 Å². The zero-order valence-electron chi connectivity index (χ0n) is 19.9. The summed E-state index contributed by atoms with van der Waals surface area (Å²) in [6.45, 7) is 1.55. The second-order valence-corrected chi connectivity index (χ2v) is 9.97. The highest BCUT2D eigenvalue weighted by molar-refractivity contribution is 7.89. The van der Waals surface area contributed by atoms with Crippen LogP contribution in [-0.4, -0.2) is 59.8 Å². The molecule has 0 bridgehead atoms. The van der Waals surface area contributed by atoms with Crippen LogP contribution in [0.4, 0.5) is 0 Å². The number of fused-ring (bicyclic) bond motifs is 1. The van der Waals surface area contributed by atoms with Gasteiger partial charge in [-0.25, -0.2) is 8.42 Å². The van der Waals surface area contributed by atoms with Crippen molar-refractivity contribution in [3.63, 3.8) is 0 Å². The number of sulfonamides is 1. The molecular formula is C26H25N3O7S. The summed E-state index contributed by atoms with van der Waals surface area (Å²) in [4.78, 5) is 38.7. The third-order valence-electron chi connectivity index (χ3n) is 5.77. The molecule has 0 aliphatic carbocycles. The summed E-state index contributed by atoms with van der Waals surface area (Å²) in [5, 5.41) is 13.2. The predicted octanol–water partition coefficient (Wildman–Crippen LogP) is 3.05. The fraction of sp³-hybridized carbons (Fsp3) is 0.192. The van der Waals surface area contributed by atoms with Crippen molar-refractivity contribution in [1.29, 1.82) is 0 Å². The molecule has 2 N–H and O–H groups in total. The molecule has 0 fully saturated rings. The number of nitrogens with zero attached hydrogens (tertiary/aromatic N) is 2. The van der Waals surface area contributed by atoms with Crippen LogP contribution in [0.3, 0.4) is 0 Å². The van der Waals surface area contributed by atoms with Crippen LogP contribution in [0.15, 0.2) is 83.8 Å². The minimum atomic E-state index is -4.53. The lowest BCUT2D eigenvalue weighted by Gasteiger charge is -2.26. The Labute approximate surface area is 214 Å². The number of benzene rings is 3. The number of carbonyl (C=O) groups is 3. The van der Waals surface area contributed by atoms with Crippen molar-refractivity contribution >= 4 is 27.7 Å². The van der Waals surface area contributed by atoms with Crippen LogP contribution in [0.25, 0.3) is 0 Å². The molecule has 0 aromatic heterocycles. The second kappa shape index (κ2) is 10.9. The number of rotatable bonds is 10. The molecule has 10 nitrogen and oxygen atoms in total. The summed E-state index contributed by atoms with van der Waals surface area (Å²) in [5.41, 5.74) is 0.460. The molecular weight excluding hydrogens is 498 g/mol. The first-order valence-electron chi connectivity index (χ1n) is 11.5. The molecule has 3 aromatic carbocycles. The third-order valence-corrected chi connectivity index (χ3v) is 7.39. The lowest BCUT2D eigenvalue weighted by molar-refractivity contribution is -0.135. The monoisotopic (exact) mass is 523 g/mol. The van der Waals surface area contributed by atoms with E-state index in [0.29, 0.717) is 11.5 Å². The van der Waals surface area contributed by atoms with E-state index in [2.05, 4.69) is 5.32 Å². The highest BCUT2D eigenvalue weighted by Gasteiger charge is 2.39. The molecule has 0 saturated heterocycles.